The maximum Gasteiger partial charge on any atom is 0.0704 e. The van der Waals surface area contributed by atoms with Gasteiger partial charge in [0.25, 0.3) is 0 Å². The van der Waals surface area contributed by atoms with Crippen LogP contribution >= 0.6 is 0 Å². The van der Waals surface area contributed by atoms with Crippen LogP contribution in [0.3, 0.4) is 0 Å². The van der Waals surface area contributed by atoms with Crippen LogP contribution in [0.15, 0.2) is 0 Å². The average molecular weight is 357 g/mol. The number of ether oxygens (including phenoxy) is 2. The van der Waals surface area contributed by atoms with Crippen LogP contribution in [-0.4, -0.2) is 26.4 Å². The number of hydrogen-bond acceptors (Lipinski definition) is 2. The molecule has 0 aromatic carbocycles. The average Bonchev–Trinajstić information content (AvgIpc) is 2.62. The standard InChI is InChI=1S/C23H48O2/c1-4-6-8-10-12-14-16-18-20-23(25-22-21-24-3)19-17-15-13-11-9-7-5-2/h23H,4-22H2,1-3H3. The fourth-order valence-corrected chi connectivity index (χ4v) is 3.44. The van der Waals surface area contributed by atoms with E-state index in [-0.39, 0.29) is 0 Å². The largest absolute Gasteiger partial charge is 0.382 e. The van der Waals surface area contributed by atoms with Crippen LogP contribution in [0.2, 0.25) is 0 Å². The van der Waals surface area contributed by atoms with E-state index in [4.69, 9.17) is 9.47 Å². The molecule has 1 atom stereocenters. The van der Waals surface area contributed by atoms with Crippen LogP contribution in [0.25, 0.3) is 0 Å². The van der Waals surface area contributed by atoms with E-state index in [9.17, 15) is 0 Å². The lowest BCUT2D eigenvalue weighted by Crippen LogP contribution is -2.16. The van der Waals surface area contributed by atoms with Gasteiger partial charge in [0.2, 0.25) is 0 Å². The summed E-state index contributed by atoms with van der Waals surface area (Å²) in [5.41, 5.74) is 0. The Balaban J connectivity index is 3.64. The van der Waals surface area contributed by atoms with E-state index in [2.05, 4.69) is 13.8 Å². The monoisotopic (exact) mass is 356 g/mol. The lowest BCUT2D eigenvalue weighted by Gasteiger charge is -2.18. The highest BCUT2D eigenvalue weighted by atomic mass is 16.5. The van der Waals surface area contributed by atoms with Crippen molar-refractivity contribution in [2.24, 2.45) is 0 Å². The first-order valence-corrected chi connectivity index (χ1v) is 11.5. The summed E-state index contributed by atoms with van der Waals surface area (Å²) in [6.07, 6.45) is 23.8. The molecule has 0 aromatic rings. The normalized spacial score (nSPS) is 12.6. The van der Waals surface area contributed by atoms with Gasteiger partial charge in [0.15, 0.2) is 0 Å². The zero-order valence-corrected chi connectivity index (χ0v) is 17.8. The molecule has 0 spiro atoms. The van der Waals surface area contributed by atoms with Crippen molar-refractivity contribution in [1.29, 1.82) is 0 Å². The van der Waals surface area contributed by atoms with Gasteiger partial charge in [0.1, 0.15) is 0 Å². The van der Waals surface area contributed by atoms with Crippen molar-refractivity contribution in [3.05, 3.63) is 0 Å². The molecule has 0 aliphatic carbocycles. The van der Waals surface area contributed by atoms with Gasteiger partial charge >= 0.3 is 0 Å². The number of rotatable bonds is 21. The van der Waals surface area contributed by atoms with Crippen LogP contribution in [0.1, 0.15) is 123 Å². The van der Waals surface area contributed by atoms with Gasteiger partial charge in [-0.05, 0) is 12.8 Å². The highest BCUT2D eigenvalue weighted by Gasteiger charge is 2.09. The smallest absolute Gasteiger partial charge is 0.0704 e. The Labute approximate surface area is 159 Å². The molecule has 0 saturated carbocycles. The van der Waals surface area contributed by atoms with Gasteiger partial charge in [-0.3, -0.25) is 0 Å². The Kier molecular flexibility index (Phi) is 21.9. The summed E-state index contributed by atoms with van der Waals surface area (Å²) in [7, 11) is 1.76. The summed E-state index contributed by atoms with van der Waals surface area (Å²) in [5.74, 6) is 0. The summed E-state index contributed by atoms with van der Waals surface area (Å²) >= 11 is 0. The van der Waals surface area contributed by atoms with Crippen LogP contribution < -0.4 is 0 Å². The zero-order chi connectivity index (χ0) is 18.4. The highest BCUT2D eigenvalue weighted by Crippen LogP contribution is 2.17. The number of hydrogen-bond donors (Lipinski definition) is 0. The Bertz CT molecular complexity index is 230. The van der Waals surface area contributed by atoms with E-state index < -0.39 is 0 Å². The van der Waals surface area contributed by atoms with Gasteiger partial charge in [-0.25, -0.2) is 0 Å². The van der Waals surface area contributed by atoms with Crippen molar-refractivity contribution < 1.29 is 9.47 Å². The maximum atomic E-state index is 6.06. The summed E-state index contributed by atoms with van der Waals surface area (Å²) < 4.78 is 11.2. The van der Waals surface area contributed by atoms with E-state index >= 15 is 0 Å². The topological polar surface area (TPSA) is 18.5 Å². The molecule has 0 aliphatic rings. The third-order valence-electron chi connectivity index (χ3n) is 5.15. The fraction of sp³-hybridized carbons (Fsp3) is 1.00. The van der Waals surface area contributed by atoms with Crippen LogP contribution in [-0.2, 0) is 9.47 Å². The van der Waals surface area contributed by atoms with E-state index in [1.807, 2.05) is 0 Å². The molecule has 0 N–H and O–H groups in total. The van der Waals surface area contributed by atoms with E-state index in [1.54, 1.807) is 7.11 Å². The molecule has 0 fully saturated rings. The lowest BCUT2D eigenvalue weighted by atomic mass is 10.0. The molecular weight excluding hydrogens is 308 g/mol. The SMILES string of the molecule is CCCCCCCCCCC(CCCCCCCCC)OCCOC. The van der Waals surface area contributed by atoms with E-state index in [0.29, 0.717) is 6.10 Å². The van der Waals surface area contributed by atoms with Crippen LogP contribution in [0, 0.1) is 0 Å². The van der Waals surface area contributed by atoms with Crippen LogP contribution in [0.5, 0.6) is 0 Å². The van der Waals surface area contributed by atoms with Gasteiger partial charge in [-0.2, -0.15) is 0 Å². The molecule has 0 saturated heterocycles. The molecule has 0 aromatic heterocycles. The van der Waals surface area contributed by atoms with Gasteiger partial charge in [-0.15, -0.1) is 0 Å². The third kappa shape index (κ3) is 20.1. The molecule has 0 radical (unpaired) electrons. The molecule has 152 valence electrons. The number of methoxy groups -OCH3 is 1. The molecule has 0 bridgehead atoms. The first-order chi connectivity index (χ1) is 12.3. The molecule has 1 unspecified atom stereocenters. The maximum absolute atomic E-state index is 6.06. The van der Waals surface area contributed by atoms with Crippen LogP contribution in [0.4, 0.5) is 0 Å². The second-order valence-electron chi connectivity index (χ2n) is 7.66. The highest BCUT2D eigenvalue weighted by molar-refractivity contribution is 4.60. The predicted molar refractivity (Wildman–Crippen MR) is 111 cm³/mol. The van der Waals surface area contributed by atoms with Crippen molar-refractivity contribution in [2.45, 2.75) is 129 Å². The Morgan fingerprint density at radius 2 is 0.920 bits per heavy atom. The molecule has 0 amide bonds. The number of unbranched alkanes of at least 4 members (excludes halogenated alkanes) is 13. The third-order valence-corrected chi connectivity index (χ3v) is 5.15. The lowest BCUT2D eigenvalue weighted by molar-refractivity contribution is 0.00681. The Morgan fingerprint density at radius 3 is 1.32 bits per heavy atom. The summed E-state index contributed by atoms with van der Waals surface area (Å²) in [4.78, 5) is 0. The minimum Gasteiger partial charge on any atom is -0.382 e. The molecule has 0 rings (SSSR count). The molecule has 25 heavy (non-hydrogen) atoms. The summed E-state index contributed by atoms with van der Waals surface area (Å²) in [5, 5.41) is 0. The van der Waals surface area contributed by atoms with Gasteiger partial charge < -0.3 is 9.47 Å². The van der Waals surface area contributed by atoms with Crippen molar-refractivity contribution >= 4 is 0 Å². The van der Waals surface area contributed by atoms with Gasteiger partial charge in [0, 0.05) is 7.11 Å². The molecular formula is C23H48O2. The molecule has 0 aliphatic heterocycles. The van der Waals surface area contributed by atoms with Gasteiger partial charge in [-0.1, -0.05) is 110 Å². The van der Waals surface area contributed by atoms with Crippen molar-refractivity contribution in [1.82, 2.24) is 0 Å². The fourth-order valence-electron chi connectivity index (χ4n) is 3.44. The summed E-state index contributed by atoms with van der Waals surface area (Å²) in [6, 6.07) is 0. The second-order valence-corrected chi connectivity index (χ2v) is 7.66. The minimum atomic E-state index is 0.464. The quantitative estimate of drug-likeness (QED) is 0.196. The Morgan fingerprint density at radius 1 is 0.520 bits per heavy atom. The predicted octanol–water partition coefficient (Wildman–Crippen LogP) is 7.69. The second kappa shape index (κ2) is 22.0. The minimum absolute atomic E-state index is 0.464. The molecule has 2 nitrogen and oxygen atoms in total. The van der Waals surface area contributed by atoms with Crippen molar-refractivity contribution in [3.63, 3.8) is 0 Å². The molecule has 0 heterocycles. The van der Waals surface area contributed by atoms with E-state index in [0.717, 1.165) is 13.2 Å². The zero-order valence-electron chi connectivity index (χ0n) is 17.8. The summed E-state index contributed by atoms with van der Waals surface area (Å²) in [6.45, 7) is 6.06. The first-order valence-electron chi connectivity index (χ1n) is 11.5. The van der Waals surface area contributed by atoms with Crippen molar-refractivity contribution in [2.75, 3.05) is 20.3 Å². The first kappa shape index (κ1) is 24.9. The van der Waals surface area contributed by atoms with Crippen molar-refractivity contribution in [3.8, 4) is 0 Å². The van der Waals surface area contributed by atoms with E-state index in [1.165, 1.54) is 109 Å². The molecule has 2 heteroatoms. The van der Waals surface area contributed by atoms with Gasteiger partial charge in [0.05, 0.1) is 19.3 Å². The Hall–Kier alpha value is -0.0800.